The van der Waals surface area contributed by atoms with Crippen molar-refractivity contribution >= 4 is 87.4 Å². The first-order chi connectivity index (χ1) is 23.8. The van der Waals surface area contributed by atoms with E-state index < -0.39 is 0 Å². The van der Waals surface area contributed by atoms with E-state index in [4.69, 9.17) is 21.5 Å². The average molecular weight is 611 g/mol. The van der Waals surface area contributed by atoms with Crippen molar-refractivity contribution in [3.8, 4) is 17.2 Å². The first kappa shape index (κ1) is 25.4. The smallest absolute Gasteiger partial charge is 0.235 e. The third kappa shape index (κ3) is 3.17. The maximum atomic E-state index is 7.65. The van der Waals surface area contributed by atoms with Crippen LogP contribution in [-0.4, -0.2) is 23.9 Å². The Labute approximate surface area is 272 Å². The maximum Gasteiger partial charge on any atom is 0.235 e. The van der Waals surface area contributed by atoms with Crippen LogP contribution in [0.25, 0.3) is 104 Å². The summed E-state index contributed by atoms with van der Waals surface area (Å²) in [7, 11) is 0. The fourth-order valence-electron chi connectivity index (χ4n) is 7.95. The van der Waals surface area contributed by atoms with Crippen LogP contribution in [0.15, 0.2) is 134 Å². The van der Waals surface area contributed by atoms with Gasteiger partial charge in [-0.1, -0.05) is 84.9 Å². The zero-order valence-corrected chi connectivity index (χ0v) is 25.4. The maximum absolute atomic E-state index is 7.65. The van der Waals surface area contributed by atoms with Crippen LogP contribution in [0.2, 0.25) is 0 Å². The summed E-state index contributed by atoms with van der Waals surface area (Å²) in [5.41, 5.74) is 9.22. The van der Waals surface area contributed by atoms with E-state index in [0.717, 1.165) is 32.9 Å². The first-order valence-electron chi connectivity index (χ1n) is 15.9. The van der Waals surface area contributed by atoms with Crippen molar-refractivity contribution in [1.82, 2.24) is 23.9 Å². The van der Waals surface area contributed by atoms with Crippen molar-refractivity contribution in [2.24, 2.45) is 0 Å². The van der Waals surface area contributed by atoms with Gasteiger partial charge in [0, 0.05) is 38.5 Å². The van der Waals surface area contributed by atoms with Crippen LogP contribution in [0.3, 0.4) is 0 Å². The van der Waals surface area contributed by atoms with Gasteiger partial charge in [-0.2, -0.15) is 0 Å². The van der Waals surface area contributed by atoms with Gasteiger partial charge in [0.15, 0.2) is 5.69 Å². The summed E-state index contributed by atoms with van der Waals surface area (Å²) in [5.74, 6) is 0.567. The molecule has 0 radical (unpaired) electrons. The van der Waals surface area contributed by atoms with Gasteiger partial charge in [0.2, 0.25) is 5.95 Å². The molecule has 0 N–H and O–H groups in total. The first-order valence-corrected chi connectivity index (χ1v) is 15.9. The van der Waals surface area contributed by atoms with Gasteiger partial charge in [-0.15, -0.1) is 0 Å². The Morgan fingerprint density at radius 2 is 1.33 bits per heavy atom. The Kier molecular flexibility index (Phi) is 4.82. The SMILES string of the molecule is [C-]#[N+]c1cccc(-c2nc(-n3c4ccccc4c4cc5c6ccccc6n6c7ccc8ccccc8c7c(c43)c56)nc3cccnc23)c1. The topological polar surface area (TPSA) is 52.4 Å². The van der Waals surface area contributed by atoms with Crippen molar-refractivity contribution in [2.75, 3.05) is 0 Å². The molecule has 0 bridgehead atoms. The van der Waals surface area contributed by atoms with E-state index in [-0.39, 0.29) is 0 Å². The van der Waals surface area contributed by atoms with Gasteiger partial charge in [0.25, 0.3) is 0 Å². The molecular weight excluding hydrogens is 589 g/mol. The van der Waals surface area contributed by atoms with Crippen LogP contribution in [0.4, 0.5) is 5.69 Å². The number of nitrogens with zero attached hydrogens (tertiary/aromatic N) is 6. The molecule has 0 fully saturated rings. The van der Waals surface area contributed by atoms with Crippen LogP contribution in [-0.2, 0) is 0 Å². The summed E-state index contributed by atoms with van der Waals surface area (Å²) in [6.45, 7) is 7.65. The van der Waals surface area contributed by atoms with Gasteiger partial charge >= 0.3 is 0 Å². The predicted octanol–water partition coefficient (Wildman–Crippen LogP) is 10.6. The molecule has 11 aromatic rings. The number of benzene rings is 6. The molecule has 11 rings (SSSR count). The third-order valence-corrected chi connectivity index (χ3v) is 9.88. The van der Waals surface area contributed by atoms with E-state index in [1.165, 1.54) is 48.9 Å². The van der Waals surface area contributed by atoms with E-state index in [9.17, 15) is 0 Å². The molecule has 0 atom stereocenters. The molecule has 0 amide bonds. The van der Waals surface area contributed by atoms with E-state index in [1.807, 2.05) is 36.4 Å². The quantitative estimate of drug-likeness (QED) is 0.183. The van der Waals surface area contributed by atoms with Gasteiger partial charge in [-0.3, -0.25) is 9.55 Å². The lowest BCUT2D eigenvalue weighted by molar-refractivity contribution is 1.01. The normalized spacial score (nSPS) is 12.1. The van der Waals surface area contributed by atoms with Crippen LogP contribution < -0.4 is 0 Å². The van der Waals surface area contributed by atoms with Crippen molar-refractivity contribution < 1.29 is 0 Å². The van der Waals surface area contributed by atoms with Crippen molar-refractivity contribution in [3.05, 3.63) is 145 Å². The molecule has 48 heavy (non-hydrogen) atoms. The molecule has 0 aliphatic rings. The predicted molar refractivity (Wildman–Crippen MR) is 196 cm³/mol. The summed E-state index contributed by atoms with van der Waals surface area (Å²) in [6.07, 6.45) is 1.77. The zero-order valence-electron chi connectivity index (χ0n) is 25.4. The van der Waals surface area contributed by atoms with Crippen LogP contribution in [0, 0.1) is 6.57 Å². The molecule has 6 nitrogen and oxygen atoms in total. The Bertz CT molecular complexity index is 3200. The molecule has 0 unspecified atom stereocenters. The van der Waals surface area contributed by atoms with Gasteiger partial charge in [0.05, 0.1) is 39.7 Å². The molecule has 0 aliphatic heterocycles. The minimum atomic E-state index is 0.556. The fourth-order valence-corrected chi connectivity index (χ4v) is 7.95. The summed E-state index contributed by atoms with van der Waals surface area (Å²) in [6, 6.07) is 44.3. The molecule has 0 saturated carbocycles. The molecule has 0 aliphatic carbocycles. The van der Waals surface area contributed by atoms with Crippen molar-refractivity contribution in [3.63, 3.8) is 0 Å². The largest absolute Gasteiger partial charge is 0.308 e. The van der Waals surface area contributed by atoms with Crippen LogP contribution in [0.5, 0.6) is 0 Å². The monoisotopic (exact) mass is 610 g/mol. The lowest BCUT2D eigenvalue weighted by Gasteiger charge is -2.12. The molecule has 6 aromatic carbocycles. The molecule has 0 saturated heterocycles. The van der Waals surface area contributed by atoms with E-state index in [0.29, 0.717) is 22.8 Å². The number of pyridine rings is 1. The summed E-state index contributed by atoms with van der Waals surface area (Å²) >= 11 is 0. The average Bonchev–Trinajstić information content (AvgIpc) is 3.79. The van der Waals surface area contributed by atoms with Gasteiger partial charge in [0.1, 0.15) is 11.2 Å². The summed E-state index contributed by atoms with van der Waals surface area (Å²) < 4.78 is 4.68. The molecule has 5 heterocycles. The number of hydrogen-bond donors (Lipinski definition) is 0. The minimum Gasteiger partial charge on any atom is -0.308 e. The molecule has 0 spiro atoms. The van der Waals surface area contributed by atoms with Crippen LogP contribution >= 0.6 is 0 Å². The van der Waals surface area contributed by atoms with E-state index in [2.05, 4.69) is 105 Å². The highest BCUT2D eigenvalue weighted by atomic mass is 15.2. The molecule has 5 aromatic heterocycles. The second kappa shape index (κ2) is 9.12. The lowest BCUT2D eigenvalue weighted by Crippen LogP contribution is -2.04. The van der Waals surface area contributed by atoms with Crippen LogP contribution in [0.1, 0.15) is 0 Å². The van der Waals surface area contributed by atoms with Gasteiger partial charge < -0.3 is 4.40 Å². The lowest BCUT2D eigenvalue weighted by atomic mass is 10.00. The molecule has 220 valence electrons. The highest BCUT2D eigenvalue weighted by Gasteiger charge is 2.26. The van der Waals surface area contributed by atoms with Gasteiger partial charge in [-0.05, 0) is 58.8 Å². The second-order valence-electron chi connectivity index (χ2n) is 12.3. The van der Waals surface area contributed by atoms with E-state index >= 15 is 0 Å². The van der Waals surface area contributed by atoms with Crippen molar-refractivity contribution in [2.45, 2.75) is 0 Å². The zero-order chi connectivity index (χ0) is 31.5. The number of para-hydroxylation sites is 2. The van der Waals surface area contributed by atoms with E-state index in [1.54, 1.807) is 6.20 Å². The number of aromatic nitrogens is 5. The Morgan fingerprint density at radius 1 is 0.562 bits per heavy atom. The standard InChI is InChI=1S/C42H22N6/c1-43-26-12-8-11-25(22-26)38-39-32(16-9-21-44-39)45-42(46-38)48-34-18-7-5-15-29(34)31-23-30-28-14-4-6-17-33(28)47-35-20-19-24-10-2-3-13-27(24)36(35)37(40(30)47)41(31)48/h2-23H. The summed E-state index contributed by atoms with van der Waals surface area (Å²) in [5, 5.41) is 9.60. The second-order valence-corrected chi connectivity index (χ2v) is 12.3. The Hall–Kier alpha value is -6.84. The summed E-state index contributed by atoms with van der Waals surface area (Å²) in [4.78, 5) is 18.9. The fraction of sp³-hybridized carbons (Fsp3) is 0. The highest BCUT2D eigenvalue weighted by molar-refractivity contribution is 6.37. The Morgan fingerprint density at radius 3 is 2.21 bits per heavy atom. The van der Waals surface area contributed by atoms with Crippen molar-refractivity contribution in [1.29, 1.82) is 0 Å². The Balaban J connectivity index is 1.40. The third-order valence-electron chi connectivity index (χ3n) is 9.88. The molecular formula is C42H22N6. The number of hydrogen-bond acceptors (Lipinski definition) is 3. The van der Waals surface area contributed by atoms with Gasteiger partial charge in [-0.25, -0.2) is 14.8 Å². The number of rotatable bonds is 2. The minimum absolute atomic E-state index is 0.556. The molecule has 6 heteroatoms. The highest BCUT2D eigenvalue weighted by Crippen LogP contribution is 2.48. The number of fused-ring (bicyclic) bond motifs is 13.